The molecule has 25 heavy (non-hydrogen) atoms. The summed E-state index contributed by atoms with van der Waals surface area (Å²) in [6, 6.07) is 0. The molecule has 6 nitrogen and oxygen atoms in total. The van der Waals surface area contributed by atoms with Gasteiger partial charge >= 0.3 is 0 Å². The number of nitrogens with zero attached hydrogens (tertiary/aromatic N) is 2. The van der Waals surface area contributed by atoms with Crippen molar-refractivity contribution >= 4 is 17.7 Å². The van der Waals surface area contributed by atoms with Crippen LogP contribution in [0.3, 0.4) is 0 Å². The number of piperazine rings is 1. The van der Waals surface area contributed by atoms with E-state index in [1.165, 1.54) is 32.1 Å². The fourth-order valence-corrected chi connectivity index (χ4v) is 4.34. The average molecular weight is 349 g/mol. The molecule has 0 aromatic rings. The first kappa shape index (κ1) is 18.2. The van der Waals surface area contributed by atoms with Crippen LogP contribution in [0.25, 0.3) is 0 Å². The number of nitrogens with one attached hydrogen (secondary N) is 1. The van der Waals surface area contributed by atoms with Crippen molar-refractivity contribution in [3.8, 4) is 0 Å². The van der Waals surface area contributed by atoms with E-state index >= 15 is 0 Å². The van der Waals surface area contributed by atoms with Gasteiger partial charge in [0.15, 0.2) is 0 Å². The van der Waals surface area contributed by atoms with Crippen LogP contribution in [0, 0.1) is 11.8 Å². The second kappa shape index (κ2) is 8.68. The predicted octanol–water partition coefficient (Wildman–Crippen LogP) is 1.54. The molecule has 0 bridgehead atoms. The lowest BCUT2D eigenvalue weighted by Crippen LogP contribution is -2.53. The molecule has 3 amide bonds. The Labute approximate surface area is 150 Å². The normalized spacial score (nSPS) is 25.6. The van der Waals surface area contributed by atoms with Gasteiger partial charge in [-0.2, -0.15) is 0 Å². The molecular weight excluding hydrogens is 318 g/mol. The summed E-state index contributed by atoms with van der Waals surface area (Å²) in [7, 11) is 0. The third-order valence-electron chi connectivity index (χ3n) is 6.05. The lowest BCUT2D eigenvalue weighted by Gasteiger charge is -2.37. The van der Waals surface area contributed by atoms with Gasteiger partial charge in [-0.15, -0.1) is 0 Å². The van der Waals surface area contributed by atoms with Crippen molar-refractivity contribution in [3.05, 3.63) is 0 Å². The quantitative estimate of drug-likeness (QED) is 0.837. The molecule has 2 saturated heterocycles. The molecule has 2 heterocycles. The van der Waals surface area contributed by atoms with Gasteiger partial charge in [-0.05, 0) is 18.8 Å². The Kier molecular flexibility index (Phi) is 6.32. The molecule has 0 spiro atoms. The number of carbonyl (C=O) groups excluding carboxylic acids is 3. The molecule has 2 aliphatic heterocycles. The molecule has 3 fully saturated rings. The summed E-state index contributed by atoms with van der Waals surface area (Å²) in [4.78, 5) is 40.0. The Hall–Kier alpha value is -1.59. The Morgan fingerprint density at radius 3 is 2.28 bits per heavy atom. The van der Waals surface area contributed by atoms with Crippen molar-refractivity contribution in [3.63, 3.8) is 0 Å². The van der Waals surface area contributed by atoms with Gasteiger partial charge in [0.25, 0.3) is 0 Å². The van der Waals surface area contributed by atoms with E-state index in [9.17, 15) is 14.4 Å². The Bertz CT molecular complexity index is 484. The zero-order valence-electron chi connectivity index (χ0n) is 15.2. The van der Waals surface area contributed by atoms with Gasteiger partial charge in [0, 0.05) is 45.6 Å². The summed E-state index contributed by atoms with van der Waals surface area (Å²) in [5, 5.41) is 2.78. The highest BCUT2D eigenvalue weighted by Gasteiger charge is 2.31. The zero-order chi connectivity index (χ0) is 17.6. The van der Waals surface area contributed by atoms with Gasteiger partial charge in [0.05, 0.1) is 5.92 Å². The molecule has 0 radical (unpaired) electrons. The van der Waals surface area contributed by atoms with Crippen molar-refractivity contribution in [2.24, 2.45) is 11.8 Å². The van der Waals surface area contributed by atoms with Crippen LogP contribution in [-0.4, -0.2) is 60.2 Å². The molecule has 3 rings (SSSR count). The van der Waals surface area contributed by atoms with Gasteiger partial charge < -0.3 is 15.1 Å². The van der Waals surface area contributed by atoms with E-state index in [0.29, 0.717) is 52.0 Å². The highest BCUT2D eigenvalue weighted by molar-refractivity contribution is 5.84. The molecule has 0 aromatic carbocycles. The Morgan fingerprint density at radius 1 is 0.960 bits per heavy atom. The summed E-state index contributed by atoms with van der Waals surface area (Å²) in [6.07, 6.45) is 9.34. The molecular formula is C19H31N3O3. The minimum Gasteiger partial charge on any atom is -0.355 e. The maximum Gasteiger partial charge on any atom is 0.227 e. The Balaban J connectivity index is 1.38. The first-order chi connectivity index (χ1) is 12.1. The highest BCUT2D eigenvalue weighted by Crippen LogP contribution is 2.27. The van der Waals surface area contributed by atoms with Crippen LogP contribution < -0.4 is 5.32 Å². The van der Waals surface area contributed by atoms with Crippen molar-refractivity contribution < 1.29 is 14.4 Å². The first-order valence-corrected chi connectivity index (χ1v) is 9.97. The van der Waals surface area contributed by atoms with Gasteiger partial charge in [-0.3, -0.25) is 14.4 Å². The van der Waals surface area contributed by atoms with Crippen LogP contribution in [0.5, 0.6) is 0 Å². The number of piperidine rings is 1. The fraction of sp³-hybridized carbons (Fsp3) is 0.842. The third kappa shape index (κ3) is 4.95. The largest absolute Gasteiger partial charge is 0.355 e. The van der Waals surface area contributed by atoms with Crippen LogP contribution in [0.15, 0.2) is 0 Å². The molecule has 3 aliphatic rings. The minimum atomic E-state index is -0.0914. The van der Waals surface area contributed by atoms with E-state index in [4.69, 9.17) is 0 Å². The van der Waals surface area contributed by atoms with Gasteiger partial charge in [0.1, 0.15) is 0 Å². The number of rotatable bonds is 4. The number of hydrogen-bond acceptors (Lipinski definition) is 3. The fourth-order valence-electron chi connectivity index (χ4n) is 4.34. The third-order valence-corrected chi connectivity index (χ3v) is 6.05. The van der Waals surface area contributed by atoms with Gasteiger partial charge in [-0.25, -0.2) is 0 Å². The summed E-state index contributed by atoms with van der Waals surface area (Å²) >= 11 is 0. The van der Waals surface area contributed by atoms with Gasteiger partial charge in [0.2, 0.25) is 17.7 Å². The summed E-state index contributed by atoms with van der Waals surface area (Å²) < 4.78 is 0. The van der Waals surface area contributed by atoms with Crippen LogP contribution in [-0.2, 0) is 14.4 Å². The summed E-state index contributed by atoms with van der Waals surface area (Å²) in [5.74, 6) is 1.07. The van der Waals surface area contributed by atoms with Crippen molar-refractivity contribution in [1.29, 1.82) is 0 Å². The second-order valence-corrected chi connectivity index (χ2v) is 7.79. The average Bonchev–Trinajstić information content (AvgIpc) is 2.67. The number of hydrogen-bond donors (Lipinski definition) is 1. The second-order valence-electron chi connectivity index (χ2n) is 7.79. The van der Waals surface area contributed by atoms with E-state index < -0.39 is 0 Å². The predicted molar refractivity (Wildman–Crippen MR) is 94.7 cm³/mol. The van der Waals surface area contributed by atoms with Crippen LogP contribution in [0.4, 0.5) is 0 Å². The molecule has 6 heteroatoms. The van der Waals surface area contributed by atoms with E-state index in [-0.39, 0.29) is 23.6 Å². The van der Waals surface area contributed by atoms with Crippen molar-refractivity contribution in [2.45, 2.75) is 57.8 Å². The minimum absolute atomic E-state index is 0.0393. The molecule has 0 aromatic heterocycles. The monoisotopic (exact) mass is 349 g/mol. The summed E-state index contributed by atoms with van der Waals surface area (Å²) in [6.45, 7) is 3.00. The standard InChI is InChI=1S/C19H31N3O3/c23-17-8-7-16(14-20-17)19(25)22-12-10-21(11-13-22)18(24)9-6-15-4-2-1-3-5-15/h15-16H,1-14H2,(H,20,23). The lowest BCUT2D eigenvalue weighted by atomic mass is 9.86. The first-order valence-electron chi connectivity index (χ1n) is 9.97. The number of carbonyl (C=O) groups is 3. The van der Waals surface area contributed by atoms with Gasteiger partial charge in [-0.1, -0.05) is 32.1 Å². The van der Waals surface area contributed by atoms with E-state index in [1.807, 2.05) is 9.80 Å². The van der Waals surface area contributed by atoms with E-state index in [2.05, 4.69) is 5.32 Å². The Morgan fingerprint density at radius 2 is 1.64 bits per heavy atom. The topological polar surface area (TPSA) is 69.7 Å². The molecule has 140 valence electrons. The van der Waals surface area contributed by atoms with Crippen molar-refractivity contribution in [2.75, 3.05) is 32.7 Å². The molecule has 1 atom stereocenters. The molecule has 1 N–H and O–H groups in total. The maximum atomic E-state index is 12.5. The highest BCUT2D eigenvalue weighted by atomic mass is 16.2. The summed E-state index contributed by atoms with van der Waals surface area (Å²) in [5.41, 5.74) is 0. The molecule has 1 unspecified atom stereocenters. The molecule has 1 saturated carbocycles. The maximum absolute atomic E-state index is 12.5. The smallest absolute Gasteiger partial charge is 0.227 e. The lowest BCUT2D eigenvalue weighted by molar-refractivity contribution is -0.143. The van der Waals surface area contributed by atoms with E-state index in [1.54, 1.807) is 0 Å². The van der Waals surface area contributed by atoms with Crippen molar-refractivity contribution in [1.82, 2.24) is 15.1 Å². The van der Waals surface area contributed by atoms with Crippen LogP contribution in [0.2, 0.25) is 0 Å². The van der Waals surface area contributed by atoms with Crippen LogP contribution in [0.1, 0.15) is 57.8 Å². The number of amides is 3. The van der Waals surface area contributed by atoms with Crippen LogP contribution >= 0.6 is 0 Å². The molecule has 1 aliphatic carbocycles. The van der Waals surface area contributed by atoms with E-state index in [0.717, 1.165) is 12.3 Å². The SMILES string of the molecule is O=C1CCC(C(=O)N2CCN(C(=O)CCC3CCCCC3)CC2)CN1. The zero-order valence-corrected chi connectivity index (χ0v) is 15.2.